The minimum absolute atomic E-state index is 0.0555. The molecule has 7 rings (SSSR count). The first kappa shape index (κ1) is 39.6. The van der Waals surface area contributed by atoms with Crippen LogP contribution in [0.5, 0.6) is 11.5 Å². The highest BCUT2D eigenvalue weighted by atomic mass is 35.5. The van der Waals surface area contributed by atoms with E-state index < -0.39 is 35.6 Å². The van der Waals surface area contributed by atoms with E-state index in [0.717, 1.165) is 42.0 Å². The number of anilines is 1. The number of imide groups is 2. The number of methoxy groups -OCH3 is 1. The van der Waals surface area contributed by atoms with Gasteiger partial charge in [-0.05, 0) is 50.5 Å². The zero-order chi connectivity index (χ0) is 40.8. The number of fused-ring (bicyclic) bond motifs is 1. The molecule has 5 amide bonds. The van der Waals surface area contributed by atoms with E-state index >= 15 is 0 Å². The Morgan fingerprint density at radius 3 is 2.26 bits per heavy atom. The molecule has 57 heavy (non-hydrogen) atoms. The number of hydrogen-bond acceptors (Lipinski definition) is 12. The molecule has 302 valence electrons. The van der Waals surface area contributed by atoms with Gasteiger partial charge < -0.3 is 33.5 Å². The third-order valence-electron chi connectivity index (χ3n) is 10.1. The molecule has 0 radical (unpaired) electrons. The highest BCUT2D eigenvalue weighted by Crippen LogP contribution is 2.37. The van der Waals surface area contributed by atoms with Crippen LogP contribution in [0.2, 0.25) is 5.02 Å². The number of carbonyl (C=O) groups excluding carboxylic acids is 4. The number of furan rings is 1. The Kier molecular flexibility index (Phi) is 10.9. The fraction of sp³-hybridized carbons (Fsp3) is 0.405. The Morgan fingerprint density at radius 1 is 0.912 bits per heavy atom. The maximum absolute atomic E-state index is 14.5. The van der Waals surface area contributed by atoms with Gasteiger partial charge in [-0.1, -0.05) is 11.6 Å². The third-order valence-corrected chi connectivity index (χ3v) is 10.4. The number of ether oxygens (including phenoxy) is 2. The summed E-state index contributed by atoms with van der Waals surface area (Å²) < 4.78 is 61.2. The molecule has 3 aliphatic rings. The smallest absolute Gasteiger partial charge is 0.433 e. The number of halogens is 4. The predicted octanol–water partition coefficient (Wildman–Crippen LogP) is 3.69. The Morgan fingerprint density at radius 2 is 1.60 bits per heavy atom. The molecule has 3 aromatic heterocycles. The van der Waals surface area contributed by atoms with Gasteiger partial charge in [-0.2, -0.15) is 18.3 Å². The van der Waals surface area contributed by atoms with Crippen molar-refractivity contribution in [3.63, 3.8) is 0 Å². The highest BCUT2D eigenvalue weighted by molar-refractivity contribution is 6.36. The summed E-state index contributed by atoms with van der Waals surface area (Å²) in [5.74, 6) is -1.16. The zero-order valence-corrected chi connectivity index (χ0v) is 32.3. The number of nitrogens with zero attached hydrogens (tertiary/aromatic N) is 9. The molecular formula is C37H39ClF3N9O7. The van der Waals surface area contributed by atoms with Gasteiger partial charge in [0.05, 0.1) is 19.3 Å². The Bertz CT molecular complexity index is 2260. The summed E-state index contributed by atoms with van der Waals surface area (Å²) in [5, 5.41) is 3.64. The number of likely N-dealkylation sites (N-methyl/N-ethyl adjacent to an activating group) is 3. The summed E-state index contributed by atoms with van der Waals surface area (Å²) in [4.78, 5) is 66.8. The van der Waals surface area contributed by atoms with E-state index in [4.69, 9.17) is 25.5 Å². The molecule has 3 saturated heterocycles. The summed E-state index contributed by atoms with van der Waals surface area (Å²) in [5.41, 5.74) is -2.21. The quantitative estimate of drug-likeness (QED) is 0.179. The van der Waals surface area contributed by atoms with Gasteiger partial charge in [0.15, 0.2) is 34.4 Å². The molecule has 4 aromatic rings. The third kappa shape index (κ3) is 7.86. The van der Waals surface area contributed by atoms with E-state index in [1.54, 1.807) is 12.1 Å². The number of aromatic nitrogens is 3. The van der Waals surface area contributed by atoms with Crippen molar-refractivity contribution < 1.29 is 46.2 Å². The predicted molar refractivity (Wildman–Crippen MR) is 200 cm³/mol. The van der Waals surface area contributed by atoms with Crippen LogP contribution < -0.4 is 14.4 Å². The second-order valence-corrected chi connectivity index (χ2v) is 14.2. The first-order valence-corrected chi connectivity index (χ1v) is 18.4. The summed E-state index contributed by atoms with van der Waals surface area (Å²) >= 11 is 6.53. The molecule has 20 heteroatoms. The summed E-state index contributed by atoms with van der Waals surface area (Å²) in [6.45, 7) is 4.48. The normalized spacial score (nSPS) is 18.4. The standard InChI is InChI=1S/C37H39ClF3N9O7/c1-44-9-13-47(14-10-44)29-8-6-23(57-29)20-24-33(51)46(3)36(54)49(34(24)52)17-18-56-27-19-22(5-7-26(27)55-4)25-21-28(37(39,40)41)50-32(42-25)30(38)31(43-50)35(53)48-15-11-45(2)12-16-48/h5-8,19-21H,9-18H2,1-4H3/b24-20+. The molecule has 0 unspecified atom stereocenters. The van der Waals surface area contributed by atoms with Crippen molar-refractivity contribution in [1.29, 1.82) is 0 Å². The number of hydrogen-bond donors (Lipinski definition) is 0. The van der Waals surface area contributed by atoms with Crippen LogP contribution in [0, 0.1) is 0 Å². The zero-order valence-electron chi connectivity index (χ0n) is 31.5. The molecular weight excluding hydrogens is 775 g/mol. The van der Waals surface area contributed by atoms with Crippen molar-refractivity contribution in [3.05, 3.63) is 64.1 Å². The number of carbonyl (C=O) groups is 4. The first-order chi connectivity index (χ1) is 27.1. The number of alkyl halides is 3. The van der Waals surface area contributed by atoms with E-state index in [1.165, 1.54) is 43.3 Å². The first-order valence-electron chi connectivity index (χ1n) is 18.0. The molecule has 0 N–H and O–H groups in total. The second kappa shape index (κ2) is 15.7. The summed E-state index contributed by atoms with van der Waals surface area (Å²) in [7, 11) is 6.54. The molecule has 0 bridgehead atoms. The minimum Gasteiger partial charge on any atom is -0.493 e. The molecule has 1 aromatic carbocycles. The van der Waals surface area contributed by atoms with Crippen molar-refractivity contribution in [2.75, 3.05) is 98.7 Å². The van der Waals surface area contributed by atoms with E-state index in [2.05, 4.69) is 19.9 Å². The molecule has 0 aliphatic carbocycles. The molecule has 6 heterocycles. The van der Waals surface area contributed by atoms with Gasteiger partial charge in [-0.3, -0.25) is 24.2 Å². The van der Waals surface area contributed by atoms with Crippen LogP contribution in [0.15, 0.2) is 46.4 Å². The maximum atomic E-state index is 14.5. The van der Waals surface area contributed by atoms with Gasteiger partial charge in [0, 0.05) is 71.0 Å². The number of rotatable bonds is 9. The molecule has 3 fully saturated rings. The average molecular weight is 814 g/mol. The average Bonchev–Trinajstić information content (AvgIpc) is 3.80. The van der Waals surface area contributed by atoms with E-state index in [-0.39, 0.29) is 63.6 Å². The van der Waals surface area contributed by atoms with Gasteiger partial charge in [-0.25, -0.2) is 14.3 Å². The minimum atomic E-state index is -4.91. The monoisotopic (exact) mass is 813 g/mol. The van der Waals surface area contributed by atoms with Crippen LogP contribution in [-0.2, 0) is 15.8 Å². The van der Waals surface area contributed by atoms with Gasteiger partial charge in [-0.15, -0.1) is 0 Å². The maximum Gasteiger partial charge on any atom is 0.433 e. The fourth-order valence-electron chi connectivity index (χ4n) is 6.68. The van der Waals surface area contributed by atoms with Crippen LogP contribution in [0.4, 0.5) is 23.8 Å². The number of urea groups is 1. The van der Waals surface area contributed by atoms with E-state index in [0.29, 0.717) is 36.6 Å². The lowest BCUT2D eigenvalue weighted by Gasteiger charge is -2.32. The second-order valence-electron chi connectivity index (χ2n) is 13.9. The molecule has 16 nitrogen and oxygen atoms in total. The SMILES string of the molecule is COc1ccc(-c2cc(C(F)(F)F)n3nc(C(=O)N4CCN(C)CC4)c(Cl)c3n2)cc1OCCN1C(=O)/C(=C/c2ccc(N3CCN(C)CC3)o2)C(=O)N(C)C1=O. The molecule has 3 aliphatic heterocycles. The Balaban J connectivity index is 1.11. The van der Waals surface area contributed by atoms with Crippen molar-refractivity contribution in [1.82, 2.24) is 39.1 Å². The van der Waals surface area contributed by atoms with Crippen molar-refractivity contribution in [2.24, 2.45) is 0 Å². The van der Waals surface area contributed by atoms with Crippen molar-refractivity contribution in [3.8, 4) is 22.8 Å². The van der Waals surface area contributed by atoms with Crippen molar-refractivity contribution >= 4 is 53.0 Å². The van der Waals surface area contributed by atoms with Gasteiger partial charge in [0.2, 0.25) is 0 Å². The molecule has 0 spiro atoms. The summed E-state index contributed by atoms with van der Waals surface area (Å²) in [6, 6.07) is 7.61. The van der Waals surface area contributed by atoms with Gasteiger partial charge in [0.1, 0.15) is 23.0 Å². The topological polar surface area (TPSA) is 150 Å². The molecule has 0 saturated carbocycles. The summed E-state index contributed by atoms with van der Waals surface area (Å²) in [6.07, 6.45) is -3.62. The van der Waals surface area contributed by atoms with E-state index in [9.17, 15) is 32.3 Å². The lowest BCUT2D eigenvalue weighted by atomic mass is 10.1. The van der Waals surface area contributed by atoms with Gasteiger partial charge >= 0.3 is 12.2 Å². The van der Waals surface area contributed by atoms with Crippen LogP contribution >= 0.6 is 11.6 Å². The highest BCUT2D eigenvalue weighted by Gasteiger charge is 2.41. The van der Waals surface area contributed by atoms with Crippen LogP contribution in [-0.4, -0.2) is 157 Å². The number of piperazine rings is 2. The van der Waals surface area contributed by atoms with E-state index in [1.807, 2.05) is 19.0 Å². The lowest BCUT2D eigenvalue weighted by Crippen LogP contribution is -2.55. The van der Waals surface area contributed by atoms with Crippen molar-refractivity contribution in [2.45, 2.75) is 6.18 Å². The number of benzene rings is 1. The Hall–Kier alpha value is -5.66. The van der Waals surface area contributed by atoms with Crippen LogP contribution in [0.25, 0.3) is 23.0 Å². The number of amides is 5. The fourth-order valence-corrected chi connectivity index (χ4v) is 6.93. The van der Waals surface area contributed by atoms with Crippen LogP contribution in [0.3, 0.4) is 0 Å². The van der Waals surface area contributed by atoms with Crippen LogP contribution in [0.1, 0.15) is 21.9 Å². The Labute approximate surface area is 329 Å². The number of barbiturate groups is 1. The van der Waals surface area contributed by atoms with Gasteiger partial charge in [0.25, 0.3) is 17.7 Å². The lowest BCUT2D eigenvalue weighted by molar-refractivity contribution is -0.142. The molecule has 0 atom stereocenters. The largest absolute Gasteiger partial charge is 0.493 e.